The zero-order chi connectivity index (χ0) is 15.3. The fourth-order valence-electron chi connectivity index (χ4n) is 2.41. The molecule has 0 unspecified atom stereocenters. The predicted octanol–water partition coefficient (Wildman–Crippen LogP) is 3.23. The predicted molar refractivity (Wildman–Crippen MR) is 80.7 cm³/mol. The summed E-state index contributed by atoms with van der Waals surface area (Å²) in [5, 5.41) is 2.79. The third-order valence-corrected chi connectivity index (χ3v) is 3.98. The van der Waals surface area contributed by atoms with Crippen LogP contribution in [0, 0.1) is 5.41 Å². The lowest BCUT2D eigenvalue weighted by Crippen LogP contribution is -2.48. The van der Waals surface area contributed by atoms with Crippen molar-refractivity contribution < 1.29 is 14.3 Å². The van der Waals surface area contributed by atoms with Gasteiger partial charge in [0, 0.05) is 5.41 Å². The summed E-state index contributed by atoms with van der Waals surface area (Å²) in [6.07, 6.45) is 4.00. The van der Waals surface area contributed by atoms with Gasteiger partial charge in [0.25, 0.3) is 0 Å². The zero-order valence-corrected chi connectivity index (χ0v) is 12.5. The average Bonchev–Trinajstić information content (AvgIpc) is 2.50. The maximum Gasteiger partial charge on any atom is 0.407 e. The van der Waals surface area contributed by atoms with Crippen molar-refractivity contribution in [3.05, 3.63) is 47.5 Å². The van der Waals surface area contributed by atoms with Crippen LogP contribution in [0.1, 0.15) is 32.3 Å². The van der Waals surface area contributed by atoms with Gasteiger partial charge >= 0.3 is 6.09 Å². The molecule has 0 aliphatic heterocycles. The third kappa shape index (κ3) is 3.94. The van der Waals surface area contributed by atoms with Crippen molar-refractivity contribution >= 4 is 12.4 Å². The molecule has 1 N–H and O–H groups in total. The number of benzene rings is 1. The zero-order valence-electron chi connectivity index (χ0n) is 12.5. The van der Waals surface area contributed by atoms with Crippen LogP contribution in [0.2, 0.25) is 0 Å². The SMILES string of the molecule is CC1=C[C@H](NC(=O)OCc2ccccc2)[C@](C)(C=O)CC1. The van der Waals surface area contributed by atoms with Crippen LogP contribution in [0.25, 0.3) is 0 Å². The second-order valence-electron chi connectivity index (χ2n) is 5.82. The summed E-state index contributed by atoms with van der Waals surface area (Å²) < 4.78 is 5.21. The van der Waals surface area contributed by atoms with Crippen molar-refractivity contribution in [2.45, 2.75) is 39.3 Å². The highest BCUT2D eigenvalue weighted by molar-refractivity contribution is 5.71. The van der Waals surface area contributed by atoms with Gasteiger partial charge in [0.2, 0.25) is 0 Å². The first-order valence-electron chi connectivity index (χ1n) is 7.14. The molecule has 112 valence electrons. The molecule has 1 aromatic rings. The molecule has 0 bridgehead atoms. The van der Waals surface area contributed by atoms with Crippen molar-refractivity contribution in [1.29, 1.82) is 0 Å². The highest BCUT2D eigenvalue weighted by Gasteiger charge is 2.36. The number of amides is 1. The lowest BCUT2D eigenvalue weighted by molar-refractivity contribution is -0.116. The molecule has 1 aliphatic rings. The Morgan fingerprint density at radius 3 is 2.81 bits per heavy atom. The second-order valence-corrected chi connectivity index (χ2v) is 5.82. The van der Waals surface area contributed by atoms with E-state index in [1.807, 2.05) is 50.3 Å². The minimum absolute atomic E-state index is 0.222. The molecule has 0 heterocycles. The van der Waals surface area contributed by atoms with E-state index in [-0.39, 0.29) is 12.6 Å². The smallest absolute Gasteiger partial charge is 0.407 e. The summed E-state index contributed by atoms with van der Waals surface area (Å²) >= 11 is 0. The van der Waals surface area contributed by atoms with Gasteiger partial charge in [-0.05, 0) is 25.3 Å². The maximum absolute atomic E-state index is 11.9. The molecule has 0 spiro atoms. The largest absolute Gasteiger partial charge is 0.445 e. The van der Waals surface area contributed by atoms with Gasteiger partial charge in [-0.1, -0.05) is 48.9 Å². The number of rotatable bonds is 4. The number of nitrogens with one attached hydrogen (secondary N) is 1. The van der Waals surface area contributed by atoms with Crippen molar-refractivity contribution in [2.24, 2.45) is 5.41 Å². The monoisotopic (exact) mass is 287 g/mol. The van der Waals surface area contributed by atoms with E-state index >= 15 is 0 Å². The topological polar surface area (TPSA) is 55.4 Å². The summed E-state index contributed by atoms with van der Waals surface area (Å²) in [5.41, 5.74) is 1.55. The fraction of sp³-hybridized carbons (Fsp3) is 0.412. The number of carbonyl (C=O) groups excluding carboxylic acids is 2. The number of alkyl carbamates (subject to hydrolysis) is 1. The number of carbonyl (C=O) groups is 2. The molecule has 1 aromatic carbocycles. The molecule has 21 heavy (non-hydrogen) atoms. The van der Waals surface area contributed by atoms with Crippen LogP contribution in [-0.4, -0.2) is 18.4 Å². The number of allylic oxidation sites excluding steroid dienone is 1. The number of aldehydes is 1. The molecule has 2 rings (SSSR count). The Labute approximate surface area is 125 Å². The lowest BCUT2D eigenvalue weighted by Gasteiger charge is -2.35. The van der Waals surface area contributed by atoms with E-state index < -0.39 is 11.5 Å². The lowest BCUT2D eigenvalue weighted by atomic mass is 9.74. The summed E-state index contributed by atoms with van der Waals surface area (Å²) in [7, 11) is 0. The number of hydrogen-bond acceptors (Lipinski definition) is 3. The van der Waals surface area contributed by atoms with Gasteiger partial charge in [-0.3, -0.25) is 0 Å². The Hall–Kier alpha value is -2.10. The van der Waals surface area contributed by atoms with E-state index in [1.165, 1.54) is 5.57 Å². The normalized spacial score (nSPS) is 24.9. The summed E-state index contributed by atoms with van der Waals surface area (Å²) in [6, 6.07) is 9.18. The Balaban J connectivity index is 1.94. The highest BCUT2D eigenvalue weighted by Crippen LogP contribution is 2.33. The summed E-state index contributed by atoms with van der Waals surface area (Å²) in [4.78, 5) is 23.3. The maximum atomic E-state index is 11.9. The first kappa shape index (κ1) is 15.3. The van der Waals surface area contributed by atoms with Crippen LogP contribution in [0.15, 0.2) is 42.0 Å². The summed E-state index contributed by atoms with van der Waals surface area (Å²) in [5.74, 6) is 0. The molecule has 0 radical (unpaired) electrons. The Morgan fingerprint density at radius 2 is 2.14 bits per heavy atom. The minimum atomic E-state index is -0.564. The van der Waals surface area contributed by atoms with E-state index in [9.17, 15) is 9.59 Å². The van der Waals surface area contributed by atoms with E-state index in [1.54, 1.807) is 0 Å². The van der Waals surface area contributed by atoms with Gasteiger partial charge in [0.15, 0.2) is 0 Å². The minimum Gasteiger partial charge on any atom is -0.445 e. The van der Waals surface area contributed by atoms with Crippen molar-refractivity contribution in [2.75, 3.05) is 0 Å². The number of hydrogen-bond donors (Lipinski definition) is 1. The number of ether oxygens (including phenoxy) is 1. The van der Waals surface area contributed by atoms with Crippen molar-refractivity contribution in [3.8, 4) is 0 Å². The highest BCUT2D eigenvalue weighted by atomic mass is 16.5. The molecule has 0 fully saturated rings. The van der Waals surface area contributed by atoms with Gasteiger partial charge < -0.3 is 14.8 Å². The van der Waals surface area contributed by atoms with Crippen molar-refractivity contribution in [1.82, 2.24) is 5.32 Å². The molecule has 4 heteroatoms. The Kier molecular flexibility index (Phi) is 4.78. The van der Waals surface area contributed by atoms with E-state index in [2.05, 4.69) is 5.32 Å². The van der Waals surface area contributed by atoms with Gasteiger partial charge in [-0.2, -0.15) is 0 Å². The van der Waals surface area contributed by atoms with Crippen LogP contribution in [-0.2, 0) is 16.1 Å². The van der Waals surface area contributed by atoms with Crippen LogP contribution in [0.3, 0.4) is 0 Å². The second kappa shape index (κ2) is 6.57. The van der Waals surface area contributed by atoms with Crippen LogP contribution >= 0.6 is 0 Å². The van der Waals surface area contributed by atoms with E-state index in [0.29, 0.717) is 0 Å². The van der Waals surface area contributed by atoms with Gasteiger partial charge in [0.05, 0.1) is 6.04 Å². The molecule has 0 saturated carbocycles. The molecular weight excluding hydrogens is 266 g/mol. The van der Waals surface area contributed by atoms with Gasteiger partial charge in [0.1, 0.15) is 12.9 Å². The van der Waals surface area contributed by atoms with E-state index in [4.69, 9.17) is 4.74 Å². The molecule has 1 aliphatic carbocycles. The molecule has 2 atom stereocenters. The van der Waals surface area contributed by atoms with Crippen LogP contribution in [0.4, 0.5) is 4.79 Å². The van der Waals surface area contributed by atoms with Crippen LogP contribution < -0.4 is 5.32 Å². The quantitative estimate of drug-likeness (QED) is 0.683. The molecule has 4 nitrogen and oxygen atoms in total. The third-order valence-electron chi connectivity index (χ3n) is 3.98. The molecular formula is C17H21NO3. The first-order valence-corrected chi connectivity index (χ1v) is 7.14. The Morgan fingerprint density at radius 1 is 1.43 bits per heavy atom. The molecule has 0 aromatic heterocycles. The van der Waals surface area contributed by atoms with Crippen molar-refractivity contribution in [3.63, 3.8) is 0 Å². The molecule has 1 amide bonds. The van der Waals surface area contributed by atoms with Gasteiger partial charge in [-0.15, -0.1) is 0 Å². The molecule has 0 saturated heterocycles. The van der Waals surface area contributed by atoms with E-state index in [0.717, 1.165) is 24.7 Å². The Bertz CT molecular complexity index is 538. The average molecular weight is 287 g/mol. The van der Waals surface area contributed by atoms with Gasteiger partial charge in [-0.25, -0.2) is 4.79 Å². The standard InChI is InChI=1S/C17H21NO3/c1-13-8-9-17(2,12-19)15(10-13)18-16(20)21-11-14-6-4-3-5-7-14/h3-7,10,12,15H,8-9,11H2,1-2H3,(H,18,20)/t15-,17-/m0/s1. The fourth-order valence-corrected chi connectivity index (χ4v) is 2.41. The van der Waals surface area contributed by atoms with Crippen LogP contribution in [0.5, 0.6) is 0 Å². The summed E-state index contributed by atoms with van der Waals surface area (Å²) in [6.45, 7) is 4.10. The first-order chi connectivity index (χ1) is 10.0.